The first kappa shape index (κ1) is 10.0. The molecule has 0 aliphatic rings. The van der Waals surface area contributed by atoms with Crippen molar-refractivity contribution in [2.75, 3.05) is 6.54 Å². The first-order valence-electron chi connectivity index (χ1n) is 4.57. The van der Waals surface area contributed by atoms with Crippen LogP contribution in [0.4, 0.5) is 0 Å². The highest BCUT2D eigenvalue weighted by Gasteiger charge is 2.18. The van der Waals surface area contributed by atoms with E-state index >= 15 is 0 Å². The summed E-state index contributed by atoms with van der Waals surface area (Å²) in [4.78, 5) is 4.01. The van der Waals surface area contributed by atoms with Crippen molar-refractivity contribution in [1.29, 1.82) is 0 Å². The Morgan fingerprint density at radius 3 is 2.93 bits per heavy atom. The van der Waals surface area contributed by atoms with E-state index in [0.717, 1.165) is 10.9 Å². The molecule has 0 amide bonds. The van der Waals surface area contributed by atoms with Crippen LogP contribution < -0.4 is 5.73 Å². The summed E-state index contributed by atoms with van der Waals surface area (Å²) in [6.45, 7) is -0.00767. The molecule has 6 heteroatoms. The molecule has 6 nitrogen and oxygen atoms in total. The third-order valence-electron chi connectivity index (χ3n) is 2.25. The number of H-pyrrole nitrogens is 1. The van der Waals surface area contributed by atoms with E-state index in [1.54, 1.807) is 18.5 Å². The smallest absolute Gasteiger partial charge is 0.123 e. The highest BCUT2D eigenvalue weighted by Crippen LogP contribution is 2.18. The molecule has 0 radical (unpaired) electrons. The van der Waals surface area contributed by atoms with E-state index < -0.39 is 12.2 Å². The van der Waals surface area contributed by atoms with Crippen molar-refractivity contribution in [3.8, 4) is 0 Å². The van der Waals surface area contributed by atoms with Crippen molar-refractivity contribution in [2.45, 2.75) is 12.2 Å². The number of nitrogens with zero attached hydrogens (tertiary/aromatic N) is 2. The fourth-order valence-corrected chi connectivity index (χ4v) is 1.35. The molecule has 0 aromatic carbocycles. The summed E-state index contributed by atoms with van der Waals surface area (Å²) in [5, 5.41) is 26.4. The van der Waals surface area contributed by atoms with E-state index in [-0.39, 0.29) is 6.54 Å². The lowest BCUT2D eigenvalue weighted by atomic mass is 10.1. The second kappa shape index (κ2) is 3.93. The summed E-state index contributed by atoms with van der Waals surface area (Å²) in [7, 11) is 0. The van der Waals surface area contributed by atoms with Gasteiger partial charge >= 0.3 is 0 Å². The van der Waals surface area contributed by atoms with Crippen LogP contribution in [-0.2, 0) is 0 Å². The van der Waals surface area contributed by atoms with Gasteiger partial charge in [-0.2, -0.15) is 5.10 Å². The molecule has 2 aromatic rings. The van der Waals surface area contributed by atoms with Crippen LogP contribution in [0.25, 0.3) is 10.9 Å². The Morgan fingerprint density at radius 1 is 1.40 bits per heavy atom. The number of aliphatic hydroxyl groups excluding tert-OH is 2. The monoisotopic (exact) mass is 208 g/mol. The molecule has 80 valence electrons. The molecule has 0 aliphatic heterocycles. The third kappa shape index (κ3) is 1.82. The second-order valence-electron chi connectivity index (χ2n) is 3.31. The molecule has 0 saturated carbocycles. The van der Waals surface area contributed by atoms with Crippen LogP contribution in [0.15, 0.2) is 18.5 Å². The van der Waals surface area contributed by atoms with Gasteiger partial charge < -0.3 is 15.9 Å². The van der Waals surface area contributed by atoms with Gasteiger partial charge in [-0.1, -0.05) is 0 Å². The van der Waals surface area contributed by atoms with Crippen LogP contribution in [0, 0.1) is 0 Å². The van der Waals surface area contributed by atoms with Gasteiger partial charge in [-0.05, 0) is 6.07 Å². The standard InChI is InChI=1S/C9H12N4O2/c10-2-8(14)9(15)6-1-5-3-12-13-7(5)4-11-6/h1,3-4,8-9,14-15H,2,10H2,(H,12,13). The minimum atomic E-state index is -1.06. The number of hydrogen-bond donors (Lipinski definition) is 4. The minimum Gasteiger partial charge on any atom is -0.389 e. The zero-order valence-electron chi connectivity index (χ0n) is 7.96. The van der Waals surface area contributed by atoms with Gasteiger partial charge in [-0.3, -0.25) is 10.1 Å². The summed E-state index contributed by atoms with van der Waals surface area (Å²) in [5.74, 6) is 0. The van der Waals surface area contributed by atoms with E-state index in [1.165, 1.54) is 0 Å². The molecule has 2 rings (SSSR count). The van der Waals surface area contributed by atoms with Crippen molar-refractivity contribution >= 4 is 10.9 Å². The summed E-state index contributed by atoms with van der Waals surface area (Å²) in [5.41, 5.74) is 6.42. The Labute approximate surface area is 85.8 Å². The quantitative estimate of drug-likeness (QED) is 0.534. The van der Waals surface area contributed by atoms with E-state index in [4.69, 9.17) is 5.73 Å². The van der Waals surface area contributed by atoms with Gasteiger partial charge in [0.1, 0.15) is 6.10 Å². The normalized spacial score (nSPS) is 15.4. The van der Waals surface area contributed by atoms with Crippen molar-refractivity contribution in [2.24, 2.45) is 5.73 Å². The molecule has 2 unspecified atom stereocenters. The number of pyridine rings is 1. The lowest BCUT2D eigenvalue weighted by Gasteiger charge is -2.14. The summed E-state index contributed by atoms with van der Waals surface area (Å²) >= 11 is 0. The number of aromatic nitrogens is 3. The van der Waals surface area contributed by atoms with E-state index in [1.807, 2.05) is 0 Å². The molecule has 2 aromatic heterocycles. The van der Waals surface area contributed by atoms with Crippen LogP contribution in [0.1, 0.15) is 11.8 Å². The summed E-state index contributed by atoms with van der Waals surface area (Å²) in [6, 6.07) is 1.67. The summed E-state index contributed by atoms with van der Waals surface area (Å²) < 4.78 is 0. The zero-order valence-corrected chi connectivity index (χ0v) is 7.96. The maximum absolute atomic E-state index is 9.66. The number of nitrogens with one attached hydrogen (secondary N) is 1. The van der Waals surface area contributed by atoms with Gasteiger partial charge in [0.2, 0.25) is 0 Å². The summed E-state index contributed by atoms with van der Waals surface area (Å²) in [6.07, 6.45) is 1.13. The SMILES string of the molecule is NCC(O)C(O)c1cc2cn[nH]c2cn1. The molecule has 2 heterocycles. The van der Waals surface area contributed by atoms with Crippen molar-refractivity contribution in [1.82, 2.24) is 15.2 Å². The Kier molecular flexibility index (Phi) is 2.63. The van der Waals surface area contributed by atoms with Gasteiger partial charge in [0.05, 0.1) is 29.7 Å². The topological polar surface area (TPSA) is 108 Å². The Bertz CT molecular complexity index is 456. The molecule has 2 atom stereocenters. The Balaban J connectivity index is 2.35. The highest BCUT2D eigenvalue weighted by molar-refractivity contribution is 5.77. The maximum atomic E-state index is 9.66. The molecule has 15 heavy (non-hydrogen) atoms. The zero-order chi connectivity index (χ0) is 10.8. The molecule has 0 saturated heterocycles. The molecule has 0 spiro atoms. The molecule has 0 aliphatic carbocycles. The van der Waals surface area contributed by atoms with E-state index in [9.17, 15) is 10.2 Å². The highest BCUT2D eigenvalue weighted by atomic mass is 16.3. The predicted molar refractivity (Wildman–Crippen MR) is 53.9 cm³/mol. The largest absolute Gasteiger partial charge is 0.389 e. The van der Waals surface area contributed by atoms with Gasteiger partial charge in [0, 0.05) is 11.9 Å². The lowest BCUT2D eigenvalue weighted by molar-refractivity contribution is 0.0218. The molecular formula is C9H12N4O2. The predicted octanol–water partition coefficient (Wildman–Crippen LogP) is -0.689. The Hall–Kier alpha value is -1.50. The fraction of sp³-hybridized carbons (Fsp3) is 0.333. The number of fused-ring (bicyclic) bond motifs is 1. The van der Waals surface area contributed by atoms with E-state index in [2.05, 4.69) is 15.2 Å². The Morgan fingerprint density at radius 2 is 2.20 bits per heavy atom. The molecular weight excluding hydrogens is 196 g/mol. The van der Waals surface area contributed by atoms with Crippen LogP contribution in [0.5, 0.6) is 0 Å². The van der Waals surface area contributed by atoms with Crippen molar-refractivity contribution < 1.29 is 10.2 Å². The first-order chi connectivity index (χ1) is 7.22. The van der Waals surface area contributed by atoms with Gasteiger partial charge in [-0.25, -0.2) is 0 Å². The average Bonchev–Trinajstić information content (AvgIpc) is 2.73. The second-order valence-corrected chi connectivity index (χ2v) is 3.31. The van der Waals surface area contributed by atoms with Crippen LogP contribution >= 0.6 is 0 Å². The van der Waals surface area contributed by atoms with Crippen molar-refractivity contribution in [3.05, 3.63) is 24.2 Å². The number of hydrogen-bond acceptors (Lipinski definition) is 5. The number of aromatic amines is 1. The molecule has 0 fully saturated rings. The molecule has 5 N–H and O–H groups in total. The number of aliphatic hydroxyl groups is 2. The number of rotatable bonds is 3. The van der Waals surface area contributed by atoms with Crippen LogP contribution in [0.3, 0.4) is 0 Å². The first-order valence-corrected chi connectivity index (χ1v) is 4.57. The lowest BCUT2D eigenvalue weighted by Crippen LogP contribution is -2.27. The average molecular weight is 208 g/mol. The molecule has 0 bridgehead atoms. The fourth-order valence-electron chi connectivity index (χ4n) is 1.35. The minimum absolute atomic E-state index is 0.00767. The third-order valence-corrected chi connectivity index (χ3v) is 2.25. The van der Waals surface area contributed by atoms with E-state index in [0.29, 0.717) is 5.69 Å². The van der Waals surface area contributed by atoms with Crippen LogP contribution in [0.2, 0.25) is 0 Å². The van der Waals surface area contributed by atoms with Gasteiger partial charge in [0.25, 0.3) is 0 Å². The van der Waals surface area contributed by atoms with Gasteiger partial charge in [0.15, 0.2) is 0 Å². The van der Waals surface area contributed by atoms with Crippen molar-refractivity contribution in [3.63, 3.8) is 0 Å². The maximum Gasteiger partial charge on any atom is 0.123 e. The number of nitrogens with two attached hydrogens (primary N) is 1. The van der Waals surface area contributed by atoms with Crippen LogP contribution in [-0.4, -0.2) is 38.0 Å². The van der Waals surface area contributed by atoms with Gasteiger partial charge in [-0.15, -0.1) is 0 Å².